The lowest BCUT2D eigenvalue weighted by molar-refractivity contribution is 0.102. The van der Waals surface area contributed by atoms with Gasteiger partial charge in [-0.25, -0.2) is 0 Å². The zero-order valence-corrected chi connectivity index (χ0v) is 15.3. The molecule has 0 radical (unpaired) electrons. The van der Waals surface area contributed by atoms with Gasteiger partial charge in [-0.1, -0.05) is 26.0 Å². The van der Waals surface area contributed by atoms with Gasteiger partial charge in [-0.05, 0) is 42.9 Å². The third kappa shape index (κ3) is 4.97. The average Bonchev–Trinajstić information content (AvgIpc) is 2.66. The van der Waals surface area contributed by atoms with Gasteiger partial charge in [-0.2, -0.15) is 0 Å². The lowest BCUT2D eigenvalue weighted by Crippen LogP contribution is -2.22. The third-order valence-electron chi connectivity index (χ3n) is 4.17. The lowest BCUT2D eigenvalue weighted by atomic mass is 10.1. The van der Waals surface area contributed by atoms with Crippen molar-refractivity contribution in [3.05, 3.63) is 53.6 Å². The quantitative estimate of drug-likeness (QED) is 0.793. The average molecular weight is 342 g/mol. The van der Waals surface area contributed by atoms with Crippen molar-refractivity contribution in [2.45, 2.75) is 20.4 Å². The van der Waals surface area contributed by atoms with E-state index in [0.29, 0.717) is 22.7 Å². The van der Waals surface area contributed by atoms with E-state index in [1.807, 2.05) is 24.3 Å². The Morgan fingerprint density at radius 1 is 1.00 bits per heavy atom. The van der Waals surface area contributed by atoms with Crippen molar-refractivity contribution in [2.75, 3.05) is 32.6 Å². The third-order valence-corrected chi connectivity index (χ3v) is 4.17. The van der Waals surface area contributed by atoms with E-state index >= 15 is 0 Å². The molecular formula is C20H26N2O3. The summed E-state index contributed by atoms with van der Waals surface area (Å²) in [6, 6.07) is 13.0. The van der Waals surface area contributed by atoms with Gasteiger partial charge in [0.15, 0.2) is 0 Å². The number of hydrogen-bond donors (Lipinski definition) is 1. The number of anilines is 1. The lowest BCUT2D eigenvalue weighted by Gasteiger charge is -2.18. The topological polar surface area (TPSA) is 50.8 Å². The SMILES string of the molecule is CCN(CC)Cc1ccc(C(=O)Nc2ccc(OC)cc2OC)cc1. The molecule has 2 aromatic rings. The number of nitrogens with one attached hydrogen (secondary N) is 1. The number of amides is 1. The van der Waals surface area contributed by atoms with Crippen LogP contribution >= 0.6 is 0 Å². The molecule has 2 aromatic carbocycles. The van der Waals surface area contributed by atoms with Crippen molar-refractivity contribution in [3.8, 4) is 11.5 Å². The van der Waals surface area contributed by atoms with Crippen LogP contribution in [0.25, 0.3) is 0 Å². The molecule has 0 unspecified atom stereocenters. The normalized spacial score (nSPS) is 10.6. The van der Waals surface area contributed by atoms with E-state index in [2.05, 4.69) is 24.1 Å². The molecule has 0 heterocycles. The van der Waals surface area contributed by atoms with E-state index in [1.54, 1.807) is 32.4 Å². The summed E-state index contributed by atoms with van der Waals surface area (Å²) in [5, 5.41) is 2.88. The van der Waals surface area contributed by atoms with E-state index in [1.165, 1.54) is 5.56 Å². The molecule has 1 N–H and O–H groups in total. The smallest absolute Gasteiger partial charge is 0.255 e. The molecule has 0 atom stereocenters. The van der Waals surface area contributed by atoms with Gasteiger partial charge >= 0.3 is 0 Å². The fourth-order valence-electron chi connectivity index (χ4n) is 2.56. The molecule has 5 heteroatoms. The van der Waals surface area contributed by atoms with Gasteiger partial charge in [0, 0.05) is 18.2 Å². The Morgan fingerprint density at radius 3 is 2.24 bits per heavy atom. The highest BCUT2D eigenvalue weighted by Crippen LogP contribution is 2.29. The maximum Gasteiger partial charge on any atom is 0.255 e. The summed E-state index contributed by atoms with van der Waals surface area (Å²) >= 11 is 0. The minimum Gasteiger partial charge on any atom is -0.497 e. The van der Waals surface area contributed by atoms with Gasteiger partial charge in [0.25, 0.3) is 5.91 Å². The molecule has 5 nitrogen and oxygen atoms in total. The number of carbonyl (C=O) groups excluding carboxylic acids is 1. The Labute approximate surface area is 149 Å². The second kappa shape index (κ2) is 9.08. The summed E-state index contributed by atoms with van der Waals surface area (Å²) in [6.07, 6.45) is 0. The number of methoxy groups -OCH3 is 2. The van der Waals surface area contributed by atoms with Gasteiger partial charge in [-0.15, -0.1) is 0 Å². The van der Waals surface area contributed by atoms with Crippen molar-refractivity contribution < 1.29 is 14.3 Å². The Kier molecular flexibility index (Phi) is 6.83. The molecule has 2 rings (SSSR count). The van der Waals surface area contributed by atoms with Gasteiger partial charge in [-0.3, -0.25) is 9.69 Å². The number of ether oxygens (including phenoxy) is 2. The molecule has 0 spiro atoms. The van der Waals surface area contributed by atoms with E-state index < -0.39 is 0 Å². The van der Waals surface area contributed by atoms with Crippen LogP contribution < -0.4 is 14.8 Å². The van der Waals surface area contributed by atoms with Crippen LogP contribution in [0.2, 0.25) is 0 Å². The van der Waals surface area contributed by atoms with Crippen LogP contribution in [0.1, 0.15) is 29.8 Å². The first-order valence-corrected chi connectivity index (χ1v) is 8.45. The van der Waals surface area contributed by atoms with E-state index in [4.69, 9.17) is 9.47 Å². The van der Waals surface area contributed by atoms with Crippen LogP contribution in [0.4, 0.5) is 5.69 Å². The van der Waals surface area contributed by atoms with Crippen LogP contribution in [0, 0.1) is 0 Å². The van der Waals surface area contributed by atoms with Crippen molar-refractivity contribution >= 4 is 11.6 Å². The first kappa shape index (κ1) is 18.8. The molecular weight excluding hydrogens is 316 g/mol. The Hall–Kier alpha value is -2.53. The standard InChI is InChI=1S/C20H26N2O3/c1-5-22(6-2)14-15-7-9-16(10-8-15)20(23)21-18-12-11-17(24-3)13-19(18)25-4/h7-13H,5-6,14H2,1-4H3,(H,21,23). The number of hydrogen-bond acceptors (Lipinski definition) is 4. The highest BCUT2D eigenvalue weighted by atomic mass is 16.5. The molecule has 0 aliphatic rings. The van der Waals surface area contributed by atoms with Crippen molar-refractivity contribution in [3.63, 3.8) is 0 Å². The summed E-state index contributed by atoms with van der Waals surface area (Å²) in [7, 11) is 3.15. The summed E-state index contributed by atoms with van der Waals surface area (Å²) in [5.41, 5.74) is 2.42. The molecule has 0 aliphatic heterocycles. The summed E-state index contributed by atoms with van der Waals surface area (Å²) in [4.78, 5) is 14.8. The van der Waals surface area contributed by atoms with Gasteiger partial charge in [0.05, 0.1) is 19.9 Å². The Morgan fingerprint density at radius 2 is 1.68 bits per heavy atom. The highest BCUT2D eigenvalue weighted by molar-refractivity contribution is 6.05. The molecule has 134 valence electrons. The number of carbonyl (C=O) groups is 1. The van der Waals surface area contributed by atoms with Crippen LogP contribution in [0.5, 0.6) is 11.5 Å². The van der Waals surface area contributed by atoms with Crippen LogP contribution in [-0.4, -0.2) is 38.1 Å². The van der Waals surface area contributed by atoms with Crippen LogP contribution in [0.15, 0.2) is 42.5 Å². The second-order valence-corrected chi connectivity index (χ2v) is 5.68. The van der Waals surface area contributed by atoms with Crippen LogP contribution in [0.3, 0.4) is 0 Å². The molecule has 0 aromatic heterocycles. The molecule has 0 saturated carbocycles. The fourth-order valence-corrected chi connectivity index (χ4v) is 2.56. The van der Waals surface area contributed by atoms with Crippen LogP contribution in [-0.2, 0) is 6.54 Å². The predicted molar refractivity (Wildman–Crippen MR) is 101 cm³/mol. The van der Waals surface area contributed by atoms with E-state index in [9.17, 15) is 4.79 Å². The van der Waals surface area contributed by atoms with Gasteiger partial charge in [0.2, 0.25) is 0 Å². The Balaban J connectivity index is 2.08. The second-order valence-electron chi connectivity index (χ2n) is 5.68. The largest absolute Gasteiger partial charge is 0.497 e. The van der Waals surface area contributed by atoms with Crippen molar-refractivity contribution in [1.29, 1.82) is 0 Å². The van der Waals surface area contributed by atoms with Crippen molar-refractivity contribution in [2.24, 2.45) is 0 Å². The molecule has 0 aliphatic carbocycles. The van der Waals surface area contributed by atoms with Gasteiger partial charge in [0.1, 0.15) is 11.5 Å². The fraction of sp³-hybridized carbons (Fsp3) is 0.350. The van der Waals surface area contributed by atoms with E-state index in [0.717, 1.165) is 19.6 Å². The number of benzene rings is 2. The maximum atomic E-state index is 12.5. The Bertz CT molecular complexity index is 695. The predicted octanol–water partition coefficient (Wildman–Crippen LogP) is 3.80. The minimum atomic E-state index is -0.169. The molecule has 0 saturated heterocycles. The monoisotopic (exact) mass is 342 g/mol. The summed E-state index contributed by atoms with van der Waals surface area (Å²) in [5.74, 6) is 1.07. The minimum absolute atomic E-state index is 0.169. The number of rotatable bonds is 8. The summed E-state index contributed by atoms with van der Waals surface area (Å²) in [6.45, 7) is 7.20. The molecule has 0 fully saturated rings. The van der Waals surface area contributed by atoms with E-state index in [-0.39, 0.29) is 5.91 Å². The zero-order valence-electron chi connectivity index (χ0n) is 15.3. The molecule has 25 heavy (non-hydrogen) atoms. The van der Waals surface area contributed by atoms with Crippen molar-refractivity contribution in [1.82, 2.24) is 4.90 Å². The zero-order chi connectivity index (χ0) is 18.2. The first-order valence-electron chi connectivity index (χ1n) is 8.45. The van der Waals surface area contributed by atoms with Gasteiger partial charge < -0.3 is 14.8 Å². The summed E-state index contributed by atoms with van der Waals surface area (Å²) < 4.78 is 10.5. The number of nitrogens with zero attached hydrogens (tertiary/aromatic N) is 1. The molecule has 1 amide bonds. The first-order chi connectivity index (χ1) is 12.1. The highest BCUT2D eigenvalue weighted by Gasteiger charge is 2.11. The molecule has 0 bridgehead atoms. The maximum absolute atomic E-state index is 12.5.